The zero-order valence-corrected chi connectivity index (χ0v) is 13.0. The minimum atomic E-state index is 0.186. The molecule has 1 N–H and O–H groups in total. The predicted octanol–water partition coefficient (Wildman–Crippen LogP) is 1.46. The van der Waals surface area contributed by atoms with Crippen LogP contribution < -0.4 is 5.32 Å². The van der Waals surface area contributed by atoms with Crippen molar-refractivity contribution in [2.24, 2.45) is 0 Å². The summed E-state index contributed by atoms with van der Waals surface area (Å²) in [6.07, 6.45) is 1.03. The van der Waals surface area contributed by atoms with E-state index in [9.17, 15) is 0 Å². The van der Waals surface area contributed by atoms with E-state index in [1.807, 2.05) is 0 Å². The first kappa shape index (κ1) is 18.8. The fourth-order valence-corrected chi connectivity index (χ4v) is 1.32. The summed E-state index contributed by atoms with van der Waals surface area (Å²) in [4.78, 5) is 0. The van der Waals surface area contributed by atoms with Crippen molar-refractivity contribution >= 4 is 0 Å². The molecule has 0 fully saturated rings. The van der Waals surface area contributed by atoms with Gasteiger partial charge in [0.2, 0.25) is 0 Å². The topological polar surface area (TPSA) is 49.0 Å². The Kier molecular flexibility index (Phi) is 12.7. The van der Waals surface area contributed by atoms with Gasteiger partial charge in [-0.25, -0.2) is 0 Å². The molecule has 0 aliphatic heterocycles. The molecule has 0 heterocycles. The van der Waals surface area contributed by atoms with Crippen LogP contribution in [0.4, 0.5) is 0 Å². The molecule has 0 saturated heterocycles. The largest absolute Gasteiger partial charge is 0.382 e. The molecule has 0 unspecified atom stereocenters. The molecule has 0 aromatic heterocycles. The zero-order valence-electron chi connectivity index (χ0n) is 13.0. The van der Waals surface area contributed by atoms with Gasteiger partial charge < -0.3 is 24.3 Å². The molecule has 5 heteroatoms. The van der Waals surface area contributed by atoms with E-state index in [0.29, 0.717) is 39.6 Å². The Morgan fingerprint density at radius 2 is 1.21 bits per heavy atom. The van der Waals surface area contributed by atoms with E-state index in [1.54, 1.807) is 7.11 Å². The van der Waals surface area contributed by atoms with E-state index < -0.39 is 0 Å². The van der Waals surface area contributed by atoms with Gasteiger partial charge >= 0.3 is 0 Å². The van der Waals surface area contributed by atoms with Gasteiger partial charge in [0.15, 0.2) is 0 Å². The maximum atomic E-state index is 5.47. The van der Waals surface area contributed by atoms with Crippen LogP contribution in [0.15, 0.2) is 0 Å². The SMILES string of the molecule is COCCOCCOCCOCCCNC(C)(C)C. The van der Waals surface area contributed by atoms with Gasteiger partial charge in [0, 0.05) is 19.3 Å². The van der Waals surface area contributed by atoms with Crippen LogP contribution in [-0.4, -0.2) is 65.4 Å². The first-order valence-corrected chi connectivity index (χ1v) is 7.03. The number of methoxy groups -OCH3 is 1. The second kappa shape index (κ2) is 12.8. The van der Waals surface area contributed by atoms with Crippen molar-refractivity contribution in [2.75, 3.05) is 59.9 Å². The Bertz CT molecular complexity index is 183. The van der Waals surface area contributed by atoms with Gasteiger partial charge in [0.05, 0.1) is 39.6 Å². The third-order valence-electron chi connectivity index (χ3n) is 2.30. The van der Waals surface area contributed by atoms with Crippen molar-refractivity contribution in [1.82, 2.24) is 5.32 Å². The molecule has 0 aromatic rings. The first-order chi connectivity index (χ1) is 9.06. The molecule has 19 heavy (non-hydrogen) atoms. The second-order valence-corrected chi connectivity index (χ2v) is 5.36. The van der Waals surface area contributed by atoms with E-state index >= 15 is 0 Å². The summed E-state index contributed by atoms with van der Waals surface area (Å²) in [6.45, 7) is 12.0. The molecular formula is C14H31NO4. The van der Waals surface area contributed by atoms with Crippen LogP contribution in [0.5, 0.6) is 0 Å². The van der Waals surface area contributed by atoms with Gasteiger partial charge in [-0.1, -0.05) is 0 Å². The van der Waals surface area contributed by atoms with Gasteiger partial charge in [0.1, 0.15) is 0 Å². The van der Waals surface area contributed by atoms with Gasteiger partial charge in [-0.3, -0.25) is 0 Å². The van der Waals surface area contributed by atoms with Crippen LogP contribution in [0.2, 0.25) is 0 Å². The normalized spacial score (nSPS) is 12.0. The molecule has 0 rings (SSSR count). The molecule has 5 nitrogen and oxygen atoms in total. The average Bonchev–Trinajstić information content (AvgIpc) is 2.34. The smallest absolute Gasteiger partial charge is 0.0701 e. The Hall–Kier alpha value is -0.200. The molecule has 0 amide bonds. The van der Waals surface area contributed by atoms with Crippen LogP contribution in [-0.2, 0) is 18.9 Å². The zero-order chi connectivity index (χ0) is 14.4. The third-order valence-corrected chi connectivity index (χ3v) is 2.30. The molecule has 0 aromatic carbocycles. The lowest BCUT2D eigenvalue weighted by atomic mass is 10.1. The highest BCUT2D eigenvalue weighted by Crippen LogP contribution is 1.97. The summed E-state index contributed by atoms with van der Waals surface area (Å²) in [5.74, 6) is 0. The molecule has 0 atom stereocenters. The van der Waals surface area contributed by atoms with Crippen LogP contribution in [0, 0.1) is 0 Å². The summed E-state index contributed by atoms with van der Waals surface area (Å²) >= 11 is 0. The van der Waals surface area contributed by atoms with Crippen molar-refractivity contribution in [1.29, 1.82) is 0 Å². The molecule has 0 bridgehead atoms. The molecule has 0 radical (unpaired) electrons. The lowest BCUT2D eigenvalue weighted by molar-refractivity contribution is 0.00336. The lowest BCUT2D eigenvalue weighted by Crippen LogP contribution is -2.36. The Morgan fingerprint density at radius 1 is 0.737 bits per heavy atom. The van der Waals surface area contributed by atoms with Gasteiger partial charge in [-0.05, 0) is 33.7 Å². The summed E-state index contributed by atoms with van der Waals surface area (Å²) in [6, 6.07) is 0. The maximum absolute atomic E-state index is 5.47. The van der Waals surface area contributed by atoms with Gasteiger partial charge in [-0.2, -0.15) is 0 Å². The molecule has 0 saturated carbocycles. The quantitative estimate of drug-likeness (QED) is 0.517. The van der Waals surface area contributed by atoms with Crippen molar-refractivity contribution in [3.05, 3.63) is 0 Å². The van der Waals surface area contributed by atoms with E-state index in [-0.39, 0.29) is 5.54 Å². The first-order valence-electron chi connectivity index (χ1n) is 7.03. The molecule has 0 aliphatic carbocycles. The number of nitrogens with one attached hydrogen (secondary N) is 1. The number of rotatable bonds is 13. The minimum absolute atomic E-state index is 0.186. The molecular weight excluding hydrogens is 246 g/mol. The second-order valence-electron chi connectivity index (χ2n) is 5.36. The molecule has 0 spiro atoms. The van der Waals surface area contributed by atoms with Crippen LogP contribution >= 0.6 is 0 Å². The van der Waals surface area contributed by atoms with E-state index in [1.165, 1.54) is 0 Å². The number of hydrogen-bond donors (Lipinski definition) is 1. The van der Waals surface area contributed by atoms with Crippen LogP contribution in [0.3, 0.4) is 0 Å². The summed E-state index contributed by atoms with van der Waals surface area (Å²) in [7, 11) is 1.66. The number of hydrogen-bond acceptors (Lipinski definition) is 5. The monoisotopic (exact) mass is 277 g/mol. The maximum Gasteiger partial charge on any atom is 0.0701 e. The lowest BCUT2D eigenvalue weighted by Gasteiger charge is -2.20. The fraction of sp³-hybridized carbons (Fsp3) is 1.00. The summed E-state index contributed by atoms with van der Waals surface area (Å²) < 4.78 is 21.0. The van der Waals surface area contributed by atoms with Gasteiger partial charge in [-0.15, -0.1) is 0 Å². The highest BCUT2D eigenvalue weighted by atomic mass is 16.6. The minimum Gasteiger partial charge on any atom is -0.382 e. The summed E-state index contributed by atoms with van der Waals surface area (Å²) in [5, 5.41) is 3.42. The van der Waals surface area contributed by atoms with Crippen LogP contribution in [0.1, 0.15) is 27.2 Å². The standard InChI is InChI=1S/C14H31NO4/c1-14(2,3)15-6-5-7-17-10-11-19-13-12-18-9-8-16-4/h15H,5-13H2,1-4H3. The van der Waals surface area contributed by atoms with E-state index in [4.69, 9.17) is 18.9 Å². The van der Waals surface area contributed by atoms with Gasteiger partial charge in [0.25, 0.3) is 0 Å². The Morgan fingerprint density at radius 3 is 1.68 bits per heavy atom. The Balaban J connectivity index is 2.99. The molecule has 0 aliphatic rings. The fourth-order valence-electron chi connectivity index (χ4n) is 1.32. The van der Waals surface area contributed by atoms with E-state index in [2.05, 4.69) is 26.1 Å². The average molecular weight is 277 g/mol. The predicted molar refractivity (Wildman–Crippen MR) is 76.7 cm³/mol. The van der Waals surface area contributed by atoms with Crippen molar-refractivity contribution in [3.63, 3.8) is 0 Å². The van der Waals surface area contributed by atoms with E-state index in [0.717, 1.165) is 19.6 Å². The van der Waals surface area contributed by atoms with Crippen molar-refractivity contribution in [2.45, 2.75) is 32.7 Å². The highest BCUT2D eigenvalue weighted by molar-refractivity contribution is 4.69. The summed E-state index contributed by atoms with van der Waals surface area (Å²) in [5.41, 5.74) is 0.186. The molecule has 116 valence electrons. The number of ether oxygens (including phenoxy) is 4. The van der Waals surface area contributed by atoms with Crippen molar-refractivity contribution in [3.8, 4) is 0 Å². The van der Waals surface area contributed by atoms with Crippen LogP contribution in [0.25, 0.3) is 0 Å². The Labute approximate surface area is 117 Å². The third kappa shape index (κ3) is 17.8. The van der Waals surface area contributed by atoms with Crippen molar-refractivity contribution < 1.29 is 18.9 Å². The highest BCUT2D eigenvalue weighted by Gasteiger charge is 2.06.